The van der Waals surface area contributed by atoms with Crippen molar-refractivity contribution in [1.29, 1.82) is 0 Å². The van der Waals surface area contributed by atoms with Crippen molar-refractivity contribution in [3.05, 3.63) is 57.6 Å². The Balaban J connectivity index is 2.03. The van der Waals surface area contributed by atoms with Gasteiger partial charge in [0.1, 0.15) is 5.75 Å². The van der Waals surface area contributed by atoms with Gasteiger partial charge in [0, 0.05) is 15.7 Å². The van der Waals surface area contributed by atoms with Crippen molar-refractivity contribution >= 4 is 44.9 Å². The summed E-state index contributed by atoms with van der Waals surface area (Å²) in [5, 5.41) is 6.05. The minimum absolute atomic E-state index is 0.261. The van der Waals surface area contributed by atoms with Crippen LogP contribution < -0.4 is 15.4 Å². The summed E-state index contributed by atoms with van der Waals surface area (Å²) in [7, 11) is 0. The van der Waals surface area contributed by atoms with Crippen LogP contribution >= 0.6 is 28.1 Å². The van der Waals surface area contributed by atoms with Gasteiger partial charge >= 0.3 is 0 Å². The van der Waals surface area contributed by atoms with Crippen LogP contribution in [-0.4, -0.2) is 17.6 Å². The van der Waals surface area contributed by atoms with Gasteiger partial charge in [-0.2, -0.15) is 0 Å². The second-order valence-corrected chi connectivity index (χ2v) is 6.60. The average molecular weight is 407 g/mol. The fourth-order valence-electron chi connectivity index (χ4n) is 2.30. The number of anilines is 1. The molecular weight excluding hydrogens is 388 g/mol. The molecule has 0 spiro atoms. The Hall–Kier alpha value is -1.92. The van der Waals surface area contributed by atoms with Crippen LogP contribution in [0.1, 0.15) is 28.4 Å². The number of carbonyl (C=O) groups is 1. The summed E-state index contributed by atoms with van der Waals surface area (Å²) < 4.78 is 6.37. The fourth-order valence-corrected chi connectivity index (χ4v) is 3.18. The predicted octanol–water partition coefficient (Wildman–Crippen LogP) is 4.59. The second-order valence-electron chi connectivity index (χ2n) is 5.28. The summed E-state index contributed by atoms with van der Waals surface area (Å²) >= 11 is 8.71. The number of carbonyl (C=O) groups excluding carboxylic acids is 1. The Morgan fingerprint density at radius 1 is 1.17 bits per heavy atom. The number of thiocarbonyl (C=S) groups is 1. The van der Waals surface area contributed by atoms with Gasteiger partial charge in [-0.05, 0) is 80.5 Å². The molecule has 0 saturated heterocycles. The Labute approximate surface area is 155 Å². The van der Waals surface area contributed by atoms with Crippen LogP contribution in [0.25, 0.3) is 0 Å². The van der Waals surface area contributed by atoms with Gasteiger partial charge in [0.2, 0.25) is 0 Å². The highest BCUT2D eigenvalue weighted by molar-refractivity contribution is 9.10. The summed E-state index contributed by atoms with van der Waals surface area (Å²) in [5.74, 6) is 0.471. The molecule has 2 N–H and O–H groups in total. The van der Waals surface area contributed by atoms with Crippen LogP contribution in [0.15, 0.2) is 40.9 Å². The monoisotopic (exact) mass is 406 g/mol. The van der Waals surface area contributed by atoms with E-state index < -0.39 is 0 Å². The maximum atomic E-state index is 12.3. The van der Waals surface area contributed by atoms with Crippen LogP contribution in [0.2, 0.25) is 0 Å². The number of halogens is 1. The zero-order valence-corrected chi connectivity index (χ0v) is 16.2. The molecule has 0 aliphatic rings. The van der Waals surface area contributed by atoms with E-state index in [0.29, 0.717) is 12.2 Å². The van der Waals surface area contributed by atoms with Gasteiger partial charge in [0.25, 0.3) is 5.91 Å². The molecule has 0 bridgehead atoms. The smallest absolute Gasteiger partial charge is 0.257 e. The number of ether oxygens (including phenoxy) is 1. The first-order chi connectivity index (χ1) is 11.4. The molecule has 24 heavy (non-hydrogen) atoms. The van der Waals surface area contributed by atoms with Crippen LogP contribution in [-0.2, 0) is 0 Å². The molecule has 0 aliphatic carbocycles. The number of amides is 1. The molecule has 0 atom stereocenters. The number of aryl methyl sites for hydroxylation is 2. The first-order valence-electron chi connectivity index (χ1n) is 7.52. The van der Waals surface area contributed by atoms with E-state index >= 15 is 0 Å². The van der Waals surface area contributed by atoms with Gasteiger partial charge < -0.3 is 10.1 Å². The van der Waals surface area contributed by atoms with Crippen molar-refractivity contribution in [2.75, 3.05) is 11.9 Å². The minimum Gasteiger partial charge on any atom is -0.494 e. The third kappa shape index (κ3) is 4.79. The lowest BCUT2D eigenvalue weighted by molar-refractivity contribution is 0.0977. The Kier molecular flexibility index (Phi) is 6.34. The van der Waals surface area contributed by atoms with Gasteiger partial charge in [0.15, 0.2) is 5.11 Å². The molecule has 6 heteroatoms. The standard InChI is InChI=1S/C18H19BrN2O2S/c1-4-23-15-7-5-13(6-8-15)17(22)21-18(24)20-16-11(2)9-14(19)10-12(16)3/h5-10H,4H2,1-3H3,(H2,20,21,22,24). The number of nitrogens with one attached hydrogen (secondary N) is 2. The van der Waals surface area contributed by atoms with Crippen LogP contribution in [0.3, 0.4) is 0 Å². The van der Waals surface area contributed by atoms with Gasteiger partial charge in [-0.25, -0.2) is 0 Å². The molecule has 4 nitrogen and oxygen atoms in total. The highest BCUT2D eigenvalue weighted by Crippen LogP contribution is 2.25. The van der Waals surface area contributed by atoms with E-state index in [1.807, 2.05) is 32.9 Å². The van der Waals surface area contributed by atoms with Crippen molar-refractivity contribution in [3.63, 3.8) is 0 Å². The van der Waals surface area contributed by atoms with Crippen molar-refractivity contribution in [2.45, 2.75) is 20.8 Å². The molecule has 0 fully saturated rings. The van der Waals surface area contributed by atoms with E-state index in [1.54, 1.807) is 24.3 Å². The van der Waals surface area contributed by atoms with Crippen molar-refractivity contribution in [1.82, 2.24) is 5.32 Å². The summed E-state index contributed by atoms with van der Waals surface area (Å²) in [5.41, 5.74) is 3.50. The summed E-state index contributed by atoms with van der Waals surface area (Å²) in [4.78, 5) is 12.3. The van der Waals surface area contributed by atoms with Gasteiger partial charge in [0.05, 0.1) is 6.61 Å². The number of rotatable bonds is 4. The third-order valence-electron chi connectivity index (χ3n) is 3.39. The molecule has 0 heterocycles. The third-order valence-corrected chi connectivity index (χ3v) is 4.05. The second kappa shape index (κ2) is 8.26. The lowest BCUT2D eigenvalue weighted by Gasteiger charge is -2.15. The predicted molar refractivity (Wildman–Crippen MR) is 105 cm³/mol. The van der Waals surface area contributed by atoms with Crippen LogP contribution in [0.4, 0.5) is 5.69 Å². The Morgan fingerprint density at radius 3 is 2.29 bits per heavy atom. The fraction of sp³-hybridized carbons (Fsp3) is 0.222. The Morgan fingerprint density at radius 2 is 1.75 bits per heavy atom. The molecule has 0 saturated carbocycles. The first-order valence-corrected chi connectivity index (χ1v) is 8.72. The highest BCUT2D eigenvalue weighted by atomic mass is 79.9. The zero-order valence-electron chi connectivity index (χ0n) is 13.8. The largest absolute Gasteiger partial charge is 0.494 e. The van der Waals surface area contributed by atoms with Gasteiger partial charge in [-0.15, -0.1) is 0 Å². The molecule has 2 aromatic rings. The van der Waals surface area contributed by atoms with Crippen molar-refractivity contribution in [2.24, 2.45) is 0 Å². The molecule has 0 unspecified atom stereocenters. The normalized spacial score (nSPS) is 10.2. The van der Waals surface area contributed by atoms with E-state index in [1.165, 1.54) is 0 Å². The summed E-state index contributed by atoms with van der Waals surface area (Å²) in [6.07, 6.45) is 0. The molecule has 126 valence electrons. The van der Waals surface area contributed by atoms with Gasteiger partial charge in [-0.1, -0.05) is 15.9 Å². The molecule has 2 rings (SSSR count). The maximum Gasteiger partial charge on any atom is 0.257 e. The topological polar surface area (TPSA) is 50.4 Å². The molecule has 0 radical (unpaired) electrons. The molecule has 0 aromatic heterocycles. The van der Waals surface area contributed by atoms with Crippen molar-refractivity contribution < 1.29 is 9.53 Å². The summed E-state index contributed by atoms with van der Waals surface area (Å²) in [6.45, 7) is 6.47. The molecular formula is C18H19BrN2O2S. The highest BCUT2D eigenvalue weighted by Gasteiger charge is 2.10. The number of hydrogen-bond donors (Lipinski definition) is 2. The Bertz CT molecular complexity index is 737. The quantitative estimate of drug-likeness (QED) is 0.728. The minimum atomic E-state index is -0.261. The van der Waals surface area contributed by atoms with E-state index in [4.69, 9.17) is 17.0 Å². The zero-order chi connectivity index (χ0) is 17.7. The van der Waals surface area contributed by atoms with Crippen LogP contribution in [0, 0.1) is 13.8 Å². The SMILES string of the molecule is CCOc1ccc(C(=O)NC(=S)Nc2c(C)cc(Br)cc2C)cc1. The summed E-state index contributed by atoms with van der Waals surface area (Å²) in [6, 6.07) is 10.9. The lowest BCUT2D eigenvalue weighted by Crippen LogP contribution is -2.34. The van der Waals surface area contributed by atoms with Gasteiger partial charge in [-0.3, -0.25) is 10.1 Å². The van der Waals surface area contributed by atoms with E-state index in [9.17, 15) is 4.79 Å². The first kappa shape index (κ1) is 18.4. The molecule has 1 amide bonds. The van der Waals surface area contributed by atoms with E-state index in [0.717, 1.165) is 27.0 Å². The number of hydrogen-bond acceptors (Lipinski definition) is 3. The average Bonchev–Trinajstić information content (AvgIpc) is 2.52. The molecule has 2 aromatic carbocycles. The lowest BCUT2D eigenvalue weighted by atomic mass is 10.1. The van der Waals surface area contributed by atoms with Crippen LogP contribution in [0.5, 0.6) is 5.75 Å². The molecule has 0 aliphatic heterocycles. The van der Waals surface area contributed by atoms with E-state index in [2.05, 4.69) is 26.6 Å². The maximum absolute atomic E-state index is 12.3. The van der Waals surface area contributed by atoms with Crippen molar-refractivity contribution in [3.8, 4) is 5.75 Å². The number of benzene rings is 2. The van der Waals surface area contributed by atoms with E-state index in [-0.39, 0.29) is 11.0 Å².